The van der Waals surface area contributed by atoms with Gasteiger partial charge in [0, 0.05) is 18.5 Å². The number of hydrogen-bond acceptors (Lipinski definition) is 5. The Morgan fingerprint density at radius 3 is 2.50 bits per heavy atom. The van der Waals surface area contributed by atoms with E-state index in [-0.39, 0.29) is 41.7 Å². The number of halogens is 4. The van der Waals surface area contributed by atoms with Gasteiger partial charge in [-0.25, -0.2) is 9.37 Å². The summed E-state index contributed by atoms with van der Waals surface area (Å²) in [6.45, 7) is 0.278. The van der Waals surface area contributed by atoms with Crippen LogP contribution in [-0.4, -0.2) is 35.5 Å². The zero-order valence-electron chi connectivity index (χ0n) is 17.0. The molecule has 4 rings (SSSR count). The van der Waals surface area contributed by atoms with E-state index in [0.717, 1.165) is 25.0 Å². The predicted molar refractivity (Wildman–Crippen MR) is 105 cm³/mol. The van der Waals surface area contributed by atoms with Gasteiger partial charge < -0.3 is 14.7 Å². The third-order valence-electron chi connectivity index (χ3n) is 5.75. The number of carbonyl (C=O) groups is 2. The van der Waals surface area contributed by atoms with E-state index in [2.05, 4.69) is 4.98 Å². The largest absolute Gasteiger partial charge is 0.494 e. The van der Waals surface area contributed by atoms with Crippen LogP contribution in [0.25, 0.3) is 0 Å². The third-order valence-corrected chi connectivity index (χ3v) is 5.75. The summed E-state index contributed by atoms with van der Waals surface area (Å²) >= 11 is 0. The topological polar surface area (TPSA) is 79.7 Å². The number of pyridine rings is 1. The minimum absolute atomic E-state index is 0.0525. The molecular weight excluding hydrogens is 432 g/mol. The van der Waals surface area contributed by atoms with Gasteiger partial charge in [-0.1, -0.05) is 0 Å². The maximum absolute atomic E-state index is 14.6. The molecule has 6 nitrogen and oxygen atoms in total. The number of aromatic nitrogens is 1. The van der Waals surface area contributed by atoms with Crippen LogP contribution in [0.3, 0.4) is 0 Å². The highest BCUT2D eigenvalue weighted by Crippen LogP contribution is 2.43. The van der Waals surface area contributed by atoms with Gasteiger partial charge in [0.05, 0.1) is 36.2 Å². The van der Waals surface area contributed by atoms with Crippen molar-refractivity contribution in [1.82, 2.24) is 4.98 Å². The van der Waals surface area contributed by atoms with Crippen LogP contribution in [0.2, 0.25) is 0 Å². The lowest BCUT2D eigenvalue weighted by Gasteiger charge is -2.26. The molecule has 1 aromatic carbocycles. The van der Waals surface area contributed by atoms with Crippen molar-refractivity contribution in [2.75, 3.05) is 18.6 Å². The Balaban J connectivity index is 1.71. The summed E-state index contributed by atoms with van der Waals surface area (Å²) in [6.07, 6.45) is -1.40. The maximum atomic E-state index is 14.6. The van der Waals surface area contributed by atoms with Gasteiger partial charge in [-0.2, -0.15) is 13.2 Å². The number of carbonyl (C=O) groups excluding carboxylic acids is 1. The number of rotatable bonds is 8. The minimum atomic E-state index is -4.63. The molecular formula is C22H20F4N2O4. The standard InChI is InChI=1S/C22H20F4N2O4/c1-32-18-7-13(9-27-19(18)20(29)14-8-15(14)21(30)31)28(10-11-2-3-11)17-6-12(22(24,25)26)4-5-16(17)23/h4-7,9,11,14-15H,2-3,8,10H2,1H3,(H,30,31)/t14-,15-/m0/s1. The molecule has 2 aromatic rings. The number of carboxylic acids is 1. The molecule has 1 N–H and O–H groups in total. The number of anilines is 2. The van der Waals surface area contributed by atoms with Gasteiger partial charge in [0.2, 0.25) is 0 Å². The number of hydrogen-bond donors (Lipinski definition) is 1. The smallest absolute Gasteiger partial charge is 0.416 e. The number of carboxylic acid groups (broad SMARTS) is 1. The molecule has 2 aliphatic rings. The first-order valence-corrected chi connectivity index (χ1v) is 10.1. The molecule has 0 amide bonds. The third kappa shape index (κ3) is 4.39. The van der Waals surface area contributed by atoms with Crippen molar-refractivity contribution in [3.05, 3.63) is 47.5 Å². The van der Waals surface area contributed by atoms with Crippen molar-refractivity contribution in [1.29, 1.82) is 0 Å². The highest BCUT2D eigenvalue weighted by molar-refractivity contribution is 6.03. The van der Waals surface area contributed by atoms with Crippen molar-refractivity contribution in [3.63, 3.8) is 0 Å². The molecule has 32 heavy (non-hydrogen) atoms. The Bertz CT molecular complexity index is 1070. The van der Waals surface area contributed by atoms with Crippen LogP contribution in [-0.2, 0) is 11.0 Å². The molecule has 2 aliphatic carbocycles. The molecule has 170 valence electrons. The van der Waals surface area contributed by atoms with E-state index in [1.165, 1.54) is 24.3 Å². The van der Waals surface area contributed by atoms with E-state index in [9.17, 15) is 27.2 Å². The van der Waals surface area contributed by atoms with Crippen molar-refractivity contribution in [3.8, 4) is 5.75 Å². The lowest BCUT2D eigenvalue weighted by Crippen LogP contribution is -2.22. The van der Waals surface area contributed by atoms with Crippen molar-refractivity contribution in [2.45, 2.75) is 25.4 Å². The second kappa shape index (κ2) is 8.07. The van der Waals surface area contributed by atoms with Gasteiger partial charge in [-0.15, -0.1) is 0 Å². The van der Waals surface area contributed by atoms with Gasteiger partial charge in [-0.05, 0) is 43.4 Å². The molecule has 0 unspecified atom stereocenters. The molecule has 0 bridgehead atoms. The number of alkyl halides is 3. The lowest BCUT2D eigenvalue weighted by atomic mass is 10.1. The molecule has 0 aliphatic heterocycles. The Morgan fingerprint density at radius 1 is 1.22 bits per heavy atom. The fourth-order valence-corrected chi connectivity index (χ4v) is 3.65. The second-order valence-electron chi connectivity index (χ2n) is 8.11. The highest BCUT2D eigenvalue weighted by atomic mass is 19.4. The summed E-state index contributed by atoms with van der Waals surface area (Å²) in [4.78, 5) is 29.3. The number of Topliss-reactive ketones (excluding diaryl/α,β-unsaturated/α-hetero) is 1. The number of aliphatic carboxylic acids is 1. The van der Waals surface area contributed by atoms with E-state index in [1.54, 1.807) is 0 Å². The summed E-state index contributed by atoms with van der Waals surface area (Å²) < 4.78 is 59.5. The zero-order chi connectivity index (χ0) is 23.2. The quantitative estimate of drug-likeness (QED) is 0.462. The summed E-state index contributed by atoms with van der Waals surface area (Å²) in [5, 5.41) is 9.06. The SMILES string of the molecule is COc1cc(N(CC2CC2)c2cc(C(F)(F)F)ccc2F)cnc1C(=O)[C@H]1C[C@@H]1C(=O)O. The minimum Gasteiger partial charge on any atom is -0.494 e. The number of nitrogens with zero attached hydrogens (tertiary/aromatic N) is 2. The first-order valence-electron chi connectivity index (χ1n) is 10.1. The maximum Gasteiger partial charge on any atom is 0.416 e. The molecule has 0 spiro atoms. The van der Waals surface area contributed by atoms with Crippen LogP contribution in [0.4, 0.5) is 28.9 Å². The highest BCUT2D eigenvalue weighted by Gasteiger charge is 2.49. The van der Waals surface area contributed by atoms with Crippen LogP contribution < -0.4 is 9.64 Å². The van der Waals surface area contributed by atoms with Gasteiger partial charge in [-0.3, -0.25) is 9.59 Å². The lowest BCUT2D eigenvalue weighted by molar-refractivity contribution is -0.139. The van der Waals surface area contributed by atoms with Gasteiger partial charge >= 0.3 is 12.1 Å². The van der Waals surface area contributed by atoms with Gasteiger partial charge in [0.15, 0.2) is 5.78 Å². The summed E-state index contributed by atoms with van der Waals surface area (Å²) in [6, 6.07) is 3.63. The van der Waals surface area contributed by atoms with Crippen molar-refractivity contribution < 1.29 is 37.0 Å². The van der Waals surface area contributed by atoms with Crippen molar-refractivity contribution >= 4 is 23.1 Å². The first kappa shape index (κ1) is 22.0. The Labute approximate surface area is 180 Å². The molecule has 10 heteroatoms. The van der Waals surface area contributed by atoms with E-state index in [4.69, 9.17) is 9.84 Å². The molecule has 0 radical (unpaired) electrons. The van der Waals surface area contributed by atoms with Gasteiger partial charge in [0.25, 0.3) is 0 Å². The van der Waals surface area contributed by atoms with E-state index < -0.39 is 41.1 Å². The Kier molecular flexibility index (Phi) is 5.56. The molecule has 2 atom stereocenters. The molecule has 2 saturated carbocycles. The Morgan fingerprint density at radius 2 is 1.94 bits per heavy atom. The number of ether oxygens (including phenoxy) is 1. The monoisotopic (exact) mass is 452 g/mol. The predicted octanol–water partition coefficient (Wildman–Crippen LogP) is 4.70. The van der Waals surface area contributed by atoms with Crippen LogP contribution >= 0.6 is 0 Å². The molecule has 1 heterocycles. The first-order chi connectivity index (χ1) is 15.1. The average molecular weight is 452 g/mol. The zero-order valence-corrected chi connectivity index (χ0v) is 17.0. The van der Waals surface area contributed by atoms with E-state index in [0.29, 0.717) is 6.07 Å². The molecule has 2 fully saturated rings. The fourth-order valence-electron chi connectivity index (χ4n) is 3.65. The second-order valence-corrected chi connectivity index (χ2v) is 8.11. The van der Waals surface area contributed by atoms with Gasteiger partial charge in [0.1, 0.15) is 17.3 Å². The van der Waals surface area contributed by atoms with E-state index in [1.807, 2.05) is 0 Å². The van der Waals surface area contributed by atoms with Crippen molar-refractivity contribution in [2.24, 2.45) is 17.8 Å². The van der Waals surface area contributed by atoms with Crippen LogP contribution in [0, 0.1) is 23.6 Å². The summed E-state index contributed by atoms with van der Waals surface area (Å²) in [5.41, 5.74) is -1.01. The molecule has 1 aromatic heterocycles. The fraction of sp³-hybridized carbons (Fsp3) is 0.409. The summed E-state index contributed by atoms with van der Waals surface area (Å²) in [5.74, 6) is -3.56. The normalized spacial score (nSPS) is 20.0. The van der Waals surface area contributed by atoms with Crippen LogP contribution in [0.1, 0.15) is 35.3 Å². The summed E-state index contributed by atoms with van der Waals surface area (Å²) in [7, 11) is 1.30. The average Bonchev–Trinajstić information content (AvgIpc) is 3.65. The number of methoxy groups -OCH3 is 1. The molecule has 0 saturated heterocycles. The van der Waals surface area contributed by atoms with Crippen LogP contribution in [0.5, 0.6) is 5.75 Å². The number of ketones is 1. The van der Waals surface area contributed by atoms with Crippen LogP contribution in [0.15, 0.2) is 30.5 Å². The van der Waals surface area contributed by atoms with E-state index >= 15 is 0 Å². The number of benzene rings is 1. The Hall–Kier alpha value is -3.17.